The molecule has 0 aliphatic heterocycles. The maximum absolute atomic E-state index is 14.2. The second-order valence-electron chi connectivity index (χ2n) is 8.03. The van der Waals surface area contributed by atoms with Crippen LogP contribution < -0.4 is 15.8 Å². The fourth-order valence-electron chi connectivity index (χ4n) is 3.49. The molecule has 0 aliphatic rings. The molecule has 5 N–H and O–H groups in total. The van der Waals surface area contributed by atoms with Gasteiger partial charge in [-0.25, -0.2) is 9.18 Å². The van der Waals surface area contributed by atoms with Crippen LogP contribution in [0.25, 0.3) is 0 Å². The zero-order valence-corrected chi connectivity index (χ0v) is 20.2. The molecule has 1 heterocycles. The van der Waals surface area contributed by atoms with Crippen molar-refractivity contribution >= 4 is 41.3 Å². The van der Waals surface area contributed by atoms with Gasteiger partial charge in [0.1, 0.15) is 17.0 Å². The molecule has 1 atom stereocenters. The van der Waals surface area contributed by atoms with Gasteiger partial charge in [0.15, 0.2) is 11.6 Å². The Morgan fingerprint density at radius 3 is 2.49 bits per heavy atom. The third-order valence-corrected chi connectivity index (χ3v) is 6.87. The van der Waals surface area contributed by atoms with Gasteiger partial charge in [-0.2, -0.15) is 0 Å². The summed E-state index contributed by atoms with van der Waals surface area (Å²) in [5.41, 5.74) is 4.62. The summed E-state index contributed by atoms with van der Waals surface area (Å²) in [6, 6.07) is 5.89. The quantitative estimate of drug-likeness (QED) is 0.107. The van der Waals surface area contributed by atoms with E-state index < -0.39 is 29.2 Å². The van der Waals surface area contributed by atoms with Gasteiger partial charge >= 0.3 is 11.9 Å². The van der Waals surface area contributed by atoms with E-state index in [4.69, 9.17) is 21.0 Å². The van der Waals surface area contributed by atoms with E-state index in [0.29, 0.717) is 19.1 Å². The monoisotopic (exact) mass is 505 g/mol. The number of carboxylic acids is 1. The third kappa shape index (κ3) is 7.19. The Kier molecular flexibility index (Phi) is 9.64. The lowest BCUT2D eigenvalue weighted by molar-refractivity contribution is -0.138. The molecule has 2 rings (SSSR count). The van der Waals surface area contributed by atoms with E-state index in [0.717, 1.165) is 22.3 Å². The molecule has 0 bridgehead atoms. The van der Waals surface area contributed by atoms with Gasteiger partial charge in [0.05, 0.1) is 11.5 Å². The zero-order chi connectivity index (χ0) is 26.2. The van der Waals surface area contributed by atoms with Crippen LogP contribution in [-0.4, -0.2) is 41.1 Å². The van der Waals surface area contributed by atoms with Gasteiger partial charge in [-0.3, -0.25) is 15.0 Å². The Morgan fingerprint density at radius 1 is 1.26 bits per heavy atom. The number of ether oxygens (including phenoxy) is 1. The van der Waals surface area contributed by atoms with Crippen molar-refractivity contribution in [3.8, 4) is 5.75 Å². The molecule has 2 aromatic rings. The molecule has 188 valence electrons. The van der Waals surface area contributed by atoms with Crippen molar-refractivity contribution in [2.45, 2.75) is 52.0 Å². The molecule has 0 saturated heterocycles. The number of halogens is 1. The lowest BCUT2D eigenvalue weighted by Gasteiger charge is -2.31. The number of hydrogen-bond acceptors (Lipinski definition) is 7. The minimum Gasteiger partial charge on any atom is -0.481 e. The predicted molar refractivity (Wildman–Crippen MR) is 128 cm³/mol. The zero-order valence-electron chi connectivity index (χ0n) is 19.4. The number of nitrogen functional groups attached to an aromatic ring is 1. The van der Waals surface area contributed by atoms with E-state index in [-0.39, 0.29) is 47.2 Å². The lowest BCUT2D eigenvalue weighted by Crippen LogP contribution is -2.47. The number of aliphatic carboxylic acids is 1. The second-order valence-corrected chi connectivity index (χ2v) is 9.20. The van der Waals surface area contributed by atoms with E-state index in [9.17, 15) is 23.6 Å². The first-order chi connectivity index (χ1) is 16.5. The Hall–Kier alpha value is -3.60. The molecule has 35 heavy (non-hydrogen) atoms. The fourth-order valence-corrected chi connectivity index (χ4v) is 4.52. The van der Waals surface area contributed by atoms with Crippen LogP contribution in [0.3, 0.4) is 0 Å². The van der Waals surface area contributed by atoms with Crippen molar-refractivity contribution in [1.29, 1.82) is 5.41 Å². The minimum absolute atomic E-state index is 0.00692. The Balaban J connectivity index is 2.13. The van der Waals surface area contributed by atoms with Crippen molar-refractivity contribution in [2.24, 2.45) is 11.1 Å². The highest BCUT2D eigenvalue weighted by molar-refractivity contribution is 7.14. The summed E-state index contributed by atoms with van der Waals surface area (Å²) in [4.78, 5) is 48.6. The molecule has 0 spiro atoms. The number of carbonyl (C=O) groups is 4. The lowest BCUT2D eigenvalue weighted by atomic mass is 9.77. The van der Waals surface area contributed by atoms with Gasteiger partial charge < -0.3 is 25.7 Å². The van der Waals surface area contributed by atoms with Crippen LogP contribution in [0.5, 0.6) is 5.75 Å². The molecular formula is C24H28FN3O6S. The van der Waals surface area contributed by atoms with Crippen molar-refractivity contribution in [2.75, 3.05) is 0 Å². The van der Waals surface area contributed by atoms with Gasteiger partial charge in [0.25, 0.3) is 0 Å². The normalized spacial score (nSPS) is 12.0. The van der Waals surface area contributed by atoms with Gasteiger partial charge in [-0.15, -0.1) is 11.3 Å². The Labute approximate surface area is 206 Å². The van der Waals surface area contributed by atoms with Gasteiger partial charge in [-0.05, 0) is 56.0 Å². The Bertz CT molecular complexity index is 1110. The molecule has 0 unspecified atom stereocenters. The maximum Gasteiger partial charge on any atom is 0.353 e. The van der Waals surface area contributed by atoms with Crippen molar-refractivity contribution in [1.82, 2.24) is 5.32 Å². The van der Waals surface area contributed by atoms with Crippen LogP contribution in [0, 0.1) is 16.6 Å². The number of carboxylic acid groups (broad SMARTS) is 1. The highest BCUT2D eigenvalue weighted by Gasteiger charge is 2.36. The first-order valence-electron chi connectivity index (χ1n) is 11.0. The third-order valence-electron chi connectivity index (χ3n) is 5.81. The number of nitrogens with two attached hydrogens (primary N) is 1. The Morgan fingerprint density at radius 2 is 1.94 bits per heavy atom. The number of amides is 1. The van der Waals surface area contributed by atoms with Crippen LogP contribution >= 0.6 is 11.3 Å². The molecule has 0 saturated carbocycles. The number of nitrogens with one attached hydrogen (secondary N) is 2. The standard InChI is InChI=1S/C24H28FN3O6S/c1-3-24(4-2,23(33)28-15(13-29)6-10-20(30)31)12-16-7-9-19(35-16)22(32)34-18-8-5-14(21(26)27)11-17(18)25/h5,7-9,11,13,15H,3-4,6,10,12H2,1-2H3,(H3,26,27)(H,28,33)(H,30,31)/t15-/m0/s1. The van der Waals surface area contributed by atoms with Gasteiger partial charge in [-0.1, -0.05) is 13.8 Å². The van der Waals surface area contributed by atoms with E-state index in [1.807, 2.05) is 13.8 Å². The number of carbonyl (C=O) groups excluding carboxylic acids is 3. The average molecular weight is 506 g/mol. The average Bonchev–Trinajstić information content (AvgIpc) is 3.29. The summed E-state index contributed by atoms with van der Waals surface area (Å²) in [6.07, 6.45) is 1.46. The molecule has 1 amide bonds. The van der Waals surface area contributed by atoms with Crippen LogP contribution in [0.4, 0.5) is 4.39 Å². The van der Waals surface area contributed by atoms with Crippen LogP contribution in [0.15, 0.2) is 30.3 Å². The predicted octanol–water partition coefficient (Wildman–Crippen LogP) is 3.29. The van der Waals surface area contributed by atoms with E-state index >= 15 is 0 Å². The summed E-state index contributed by atoms with van der Waals surface area (Å²) in [5.74, 6) is -3.64. The highest BCUT2D eigenvalue weighted by Crippen LogP contribution is 2.34. The molecule has 11 heteroatoms. The summed E-state index contributed by atoms with van der Waals surface area (Å²) in [6.45, 7) is 3.68. The summed E-state index contributed by atoms with van der Waals surface area (Å²) >= 11 is 1.11. The molecule has 0 radical (unpaired) electrons. The van der Waals surface area contributed by atoms with Crippen molar-refractivity contribution < 1.29 is 33.4 Å². The van der Waals surface area contributed by atoms with E-state index in [1.165, 1.54) is 18.2 Å². The number of thiophene rings is 1. The first kappa shape index (κ1) is 27.6. The second kappa shape index (κ2) is 12.2. The first-order valence-corrected chi connectivity index (χ1v) is 11.8. The topological polar surface area (TPSA) is 160 Å². The molecule has 1 aromatic carbocycles. The number of esters is 1. The molecular weight excluding hydrogens is 477 g/mol. The number of benzene rings is 1. The SMILES string of the molecule is CCC(CC)(Cc1ccc(C(=O)Oc2ccc(C(=N)N)cc2F)s1)C(=O)N[C@H](C=O)CCC(=O)O. The van der Waals surface area contributed by atoms with Crippen LogP contribution in [0.1, 0.15) is 59.6 Å². The molecule has 0 aliphatic carbocycles. The van der Waals surface area contributed by atoms with E-state index in [1.54, 1.807) is 6.07 Å². The summed E-state index contributed by atoms with van der Waals surface area (Å²) in [5, 5.41) is 18.8. The molecule has 0 fully saturated rings. The number of aldehydes is 1. The fraction of sp³-hybridized carbons (Fsp3) is 0.375. The summed E-state index contributed by atoms with van der Waals surface area (Å²) in [7, 11) is 0. The number of hydrogen-bond donors (Lipinski definition) is 4. The number of rotatable bonds is 13. The largest absolute Gasteiger partial charge is 0.481 e. The van der Waals surface area contributed by atoms with Crippen molar-refractivity contribution in [3.05, 3.63) is 51.5 Å². The molecule has 9 nitrogen and oxygen atoms in total. The van der Waals surface area contributed by atoms with Crippen LogP contribution in [0.2, 0.25) is 0 Å². The van der Waals surface area contributed by atoms with Crippen LogP contribution in [-0.2, 0) is 20.8 Å². The smallest absolute Gasteiger partial charge is 0.353 e. The minimum atomic E-state index is -1.06. The van der Waals surface area contributed by atoms with Gasteiger partial charge in [0, 0.05) is 16.9 Å². The van der Waals surface area contributed by atoms with Gasteiger partial charge in [0.2, 0.25) is 5.91 Å². The van der Waals surface area contributed by atoms with Crippen molar-refractivity contribution in [3.63, 3.8) is 0 Å². The maximum atomic E-state index is 14.2. The summed E-state index contributed by atoms with van der Waals surface area (Å²) < 4.78 is 19.3. The number of amidine groups is 1. The molecule has 1 aromatic heterocycles. The highest BCUT2D eigenvalue weighted by atomic mass is 32.1. The van der Waals surface area contributed by atoms with E-state index in [2.05, 4.69) is 5.32 Å².